The molecule has 92 valence electrons. The summed E-state index contributed by atoms with van der Waals surface area (Å²) in [6.45, 7) is 1.24. The van der Waals surface area contributed by atoms with Crippen molar-refractivity contribution in [3.63, 3.8) is 0 Å². The number of hydrogen-bond donors (Lipinski definition) is 1. The zero-order valence-electron chi connectivity index (χ0n) is 9.77. The standard InChI is InChI=1S/C15H13FO2/c16-14-5-3-10(4-6-14)15(17)11-1-2-12-8-18-9-13(12)7-11/h1-7,15,17H,8-9H2. The van der Waals surface area contributed by atoms with Gasteiger partial charge in [0, 0.05) is 0 Å². The van der Waals surface area contributed by atoms with Crippen molar-refractivity contribution in [2.45, 2.75) is 19.3 Å². The molecule has 0 amide bonds. The van der Waals surface area contributed by atoms with E-state index in [4.69, 9.17) is 4.74 Å². The number of halogens is 1. The Hall–Kier alpha value is -1.71. The molecule has 0 saturated carbocycles. The first kappa shape index (κ1) is 11.4. The molecule has 2 aromatic carbocycles. The Morgan fingerprint density at radius 1 is 0.944 bits per heavy atom. The Morgan fingerprint density at radius 2 is 1.61 bits per heavy atom. The van der Waals surface area contributed by atoms with Crippen molar-refractivity contribution in [3.05, 3.63) is 70.5 Å². The topological polar surface area (TPSA) is 29.5 Å². The number of rotatable bonds is 2. The fraction of sp³-hybridized carbons (Fsp3) is 0.200. The van der Waals surface area contributed by atoms with Crippen molar-refractivity contribution in [2.24, 2.45) is 0 Å². The Bertz CT molecular complexity index is 563. The normalized spacial score (nSPS) is 15.4. The Kier molecular flexibility index (Phi) is 2.86. The van der Waals surface area contributed by atoms with E-state index in [9.17, 15) is 9.50 Å². The van der Waals surface area contributed by atoms with E-state index in [-0.39, 0.29) is 5.82 Å². The second kappa shape index (κ2) is 4.52. The lowest BCUT2D eigenvalue weighted by atomic mass is 9.98. The highest BCUT2D eigenvalue weighted by Crippen LogP contribution is 2.27. The maximum Gasteiger partial charge on any atom is 0.123 e. The van der Waals surface area contributed by atoms with E-state index in [0.29, 0.717) is 18.8 Å². The van der Waals surface area contributed by atoms with E-state index < -0.39 is 6.10 Å². The minimum atomic E-state index is -0.725. The van der Waals surface area contributed by atoms with Crippen LogP contribution in [0.3, 0.4) is 0 Å². The molecule has 18 heavy (non-hydrogen) atoms. The van der Waals surface area contributed by atoms with Gasteiger partial charge in [-0.05, 0) is 34.4 Å². The molecule has 1 N–H and O–H groups in total. The third kappa shape index (κ3) is 2.03. The molecule has 0 radical (unpaired) electrons. The molecule has 1 unspecified atom stereocenters. The average Bonchev–Trinajstić information content (AvgIpc) is 2.86. The lowest BCUT2D eigenvalue weighted by molar-refractivity contribution is 0.134. The number of hydrogen-bond acceptors (Lipinski definition) is 2. The molecule has 1 atom stereocenters. The predicted octanol–water partition coefficient (Wildman–Crippen LogP) is 2.94. The van der Waals surface area contributed by atoms with E-state index in [0.717, 1.165) is 11.1 Å². The van der Waals surface area contributed by atoms with Crippen LogP contribution in [0.1, 0.15) is 28.4 Å². The molecule has 3 heteroatoms. The summed E-state index contributed by atoms with van der Waals surface area (Å²) in [4.78, 5) is 0. The Labute approximate surface area is 105 Å². The first-order chi connectivity index (χ1) is 8.74. The van der Waals surface area contributed by atoms with E-state index >= 15 is 0 Å². The first-order valence-corrected chi connectivity index (χ1v) is 5.87. The zero-order chi connectivity index (χ0) is 12.5. The van der Waals surface area contributed by atoms with Gasteiger partial charge in [-0.25, -0.2) is 4.39 Å². The van der Waals surface area contributed by atoms with Gasteiger partial charge in [-0.15, -0.1) is 0 Å². The number of fused-ring (bicyclic) bond motifs is 1. The van der Waals surface area contributed by atoms with Gasteiger partial charge in [-0.1, -0.05) is 30.3 Å². The van der Waals surface area contributed by atoms with Crippen LogP contribution in [0, 0.1) is 5.82 Å². The maximum atomic E-state index is 12.8. The maximum absolute atomic E-state index is 12.8. The van der Waals surface area contributed by atoms with Crippen LogP contribution < -0.4 is 0 Å². The molecule has 1 aliphatic rings. The van der Waals surface area contributed by atoms with Gasteiger partial charge in [0.15, 0.2) is 0 Å². The summed E-state index contributed by atoms with van der Waals surface area (Å²) in [6.07, 6.45) is -0.725. The third-order valence-corrected chi connectivity index (χ3v) is 3.25. The van der Waals surface area contributed by atoms with Gasteiger partial charge in [0.1, 0.15) is 11.9 Å². The molecule has 0 bridgehead atoms. The van der Waals surface area contributed by atoms with E-state index in [1.54, 1.807) is 12.1 Å². The summed E-state index contributed by atoms with van der Waals surface area (Å²) < 4.78 is 18.2. The summed E-state index contributed by atoms with van der Waals surface area (Å²) in [7, 11) is 0. The van der Waals surface area contributed by atoms with Gasteiger partial charge in [0.05, 0.1) is 13.2 Å². The molecule has 2 nitrogen and oxygen atoms in total. The van der Waals surface area contributed by atoms with Crippen LogP contribution in [0.2, 0.25) is 0 Å². The smallest absolute Gasteiger partial charge is 0.123 e. The highest BCUT2D eigenvalue weighted by Gasteiger charge is 2.15. The van der Waals surface area contributed by atoms with Gasteiger partial charge >= 0.3 is 0 Å². The second-order valence-corrected chi connectivity index (χ2v) is 4.48. The van der Waals surface area contributed by atoms with Gasteiger partial charge in [-0.3, -0.25) is 0 Å². The molecule has 0 spiro atoms. The van der Waals surface area contributed by atoms with Gasteiger partial charge < -0.3 is 9.84 Å². The quantitative estimate of drug-likeness (QED) is 0.880. The molecule has 0 saturated heterocycles. The van der Waals surface area contributed by atoms with E-state index in [1.807, 2.05) is 18.2 Å². The second-order valence-electron chi connectivity index (χ2n) is 4.48. The van der Waals surface area contributed by atoms with Crippen LogP contribution in [0.15, 0.2) is 42.5 Å². The van der Waals surface area contributed by atoms with Crippen molar-refractivity contribution in [3.8, 4) is 0 Å². The minimum absolute atomic E-state index is 0.298. The lowest BCUT2D eigenvalue weighted by Gasteiger charge is -2.12. The Morgan fingerprint density at radius 3 is 2.39 bits per heavy atom. The molecule has 1 aliphatic heterocycles. The van der Waals surface area contributed by atoms with Crippen LogP contribution in [-0.2, 0) is 18.0 Å². The van der Waals surface area contributed by atoms with Crippen LogP contribution >= 0.6 is 0 Å². The third-order valence-electron chi connectivity index (χ3n) is 3.25. The molecule has 2 aromatic rings. The van der Waals surface area contributed by atoms with Crippen molar-refractivity contribution < 1.29 is 14.2 Å². The summed E-state index contributed by atoms with van der Waals surface area (Å²) in [5, 5.41) is 10.3. The van der Waals surface area contributed by atoms with Crippen molar-refractivity contribution in [1.82, 2.24) is 0 Å². The SMILES string of the molecule is OC(c1ccc(F)cc1)c1ccc2c(c1)COC2. The zero-order valence-corrected chi connectivity index (χ0v) is 9.77. The van der Waals surface area contributed by atoms with Crippen molar-refractivity contribution >= 4 is 0 Å². The fourth-order valence-corrected chi connectivity index (χ4v) is 2.20. The van der Waals surface area contributed by atoms with E-state index in [1.165, 1.54) is 17.7 Å². The summed E-state index contributed by atoms with van der Waals surface area (Å²) in [5.41, 5.74) is 3.79. The fourth-order valence-electron chi connectivity index (χ4n) is 2.20. The Balaban J connectivity index is 1.92. The van der Waals surface area contributed by atoms with Gasteiger partial charge in [0.25, 0.3) is 0 Å². The van der Waals surface area contributed by atoms with Crippen LogP contribution in [0.25, 0.3) is 0 Å². The summed E-state index contributed by atoms with van der Waals surface area (Å²) in [5.74, 6) is -0.298. The number of aliphatic hydroxyl groups excluding tert-OH is 1. The van der Waals surface area contributed by atoms with Crippen molar-refractivity contribution in [1.29, 1.82) is 0 Å². The lowest BCUT2D eigenvalue weighted by Crippen LogP contribution is -2.00. The monoisotopic (exact) mass is 244 g/mol. The molecular weight excluding hydrogens is 231 g/mol. The van der Waals surface area contributed by atoms with E-state index in [2.05, 4.69) is 0 Å². The predicted molar refractivity (Wildman–Crippen MR) is 65.4 cm³/mol. The molecule has 0 aliphatic carbocycles. The molecule has 3 rings (SSSR count). The van der Waals surface area contributed by atoms with Gasteiger partial charge in [0.2, 0.25) is 0 Å². The van der Waals surface area contributed by atoms with Gasteiger partial charge in [-0.2, -0.15) is 0 Å². The molecule has 0 fully saturated rings. The first-order valence-electron chi connectivity index (χ1n) is 5.87. The van der Waals surface area contributed by atoms with Crippen LogP contribution in [0.4, 0.5) is 4.39 Å². The molecule has 1 heterocycles. The summed E-state index contributed by atoms with van der Waals surface area (Å²) >= 11 is 0. The highest BCUT2D eigenvalue weighted by molar-refractivity contribution is 5.37. The summed E-state index contributed by atoms with van der Waals surface area (Å²) in [6, 6.07) is 11.7. The minimum Gasteiger partial charge on any atom is -0.384 e. The highest BCUT2D eigenvalue weighted by atomic mass is 19.1. The largest absolute Gasteiger partial charge is 0.384 e. The average molecular weight is 244 g/mol. The molecular formula is C15H13FO2. The van der Waals surface area contributed by atoms with Crippen LogP contribution in [0.5, 0.6) is 0 Å². The molecule has 0 aromatic heterocycles. The van der Waals surface area contributed by atoms with Crippen LogP contribution in [-0.4, -0.2) is 5.11 Å². The number of aliphatic hydroxyl groups is 1. The number of ether oxygens (including phenoxy) is 1. The number of benzene rings is 2. The van der Waals surface area contributed by atoms with Crippen molar-refractivity contribution in [2.75, 3.05) is 0 Å².